The molecule has 46 heavy (non-hydrogen) atoms. The summed E-state index contributed by atoms with van der Waals surface area (Å²) in [4.78, 5) is 5.13. The van der Waals surface area contributed by atoms with Gasteiger partial charge in [0.1, 0.15) is 16.8 Å². The second-order valence-corrected chi connectivity index (χ2v) is 13.3. The first-order valence-electron chi connectivity index (χ1n) is 16.4. The van der Waals surface area contributed by atoms with Gasteiger partial charge in [-0.05, 0) is 78.6 Å². The first kappa shape index (κ1) is 29.7. The molecule has 0 aliphatic carbocycles. The molecule has 0 atom stereocenters. The fourth-order valence-corrected chi connectivity index (χ4v) is 7.16. The maximum Gasteiger partial charge on any atom is 0.299 e. The van der Waals surface area contributed by atoms with Crippen LogP contribution >= 0.6 is 0 Å². The fourth-order valence-electron chi connectivity index (χ4n) is 7.16. The maximum atomic E-state index is 6.89. The molecule has 2 heterocycles. The monoisotopic (exact) mass is 604 g/mol. The number of imidazole rings is 1. The minimum absolute atomic E-state index is 0.353. The largest absolute Gasteiger partial charge is 0.435 e. The van der Waals surface area contributed by atoms with E-state index in [9.17, 15) is 0 Å². The first-order valence-corrected chi connectivity index (χ1v) is 16.4. The highest BCUT2D eigenvalue weighted by Crippen LogP contribution is 2.41. The van der Waals surface area contributed by atoms with Crippen LogP contribution in [0.1, 0.15) is 67.3 Å². The maximum absolute atomic E-state index is 6.89. The Morgan fingerprint density at radius 3 is 1.93 bits per heavy atom. The number of fused-ring (bicyclic) bond motifs is 2. The Kier molecular flexibility index (Phi) is 7.39. The van der Waals surface area contributed by atoms with E-state index in [1.165, 1.54) is 39.0 Å². The highest BCUT2D eigenvalue weighted by Gasteiger charge is 2.33. The summed E-state index contributed by atoms with van der Waals surface area (Å²) in [5, 5.41) is 0. The molecule has 7 rings (SSSR count). The lowest BCUT2D eigenvalue weighted by molar-refractivity contribution is -0.633. The summed E-state index contributed by atoms with van der Waals surface area (Å²) in [6, 6.07) is 34.8. The molecule has 0 unspecified atom stereocenters. The lowest BCUT2D eigenvalue weighted by Gasteiger charge is -2.18. The van der Waals surface area contributed by atoms with Crippen molar-refractivity contribution < 1.29 is 8.98 Å². The number of hydrogen-bond donors (Lipinski definition) is 0. The van der Waals surface area contributed by atoms with Gasteiger partial charge in [-0.15, -0.1) is 0 Å². The zero-order valence-corrected chi connectivity index (χ0v) is 28.1. The molecule has 230 valence electrons. The zero-order valence-electron chi connectivity index (χ0n) is 28.1. The minimum Gasteiger partial charge on any atom is -0.435 e. The van der Waals surface area contributed by atoms with Crippen LogP contribution in [0.5, 0.6) is 0 Å². The van der Waals surface area contributed by atoms with Crippen LogP contribution in [0, 0.1) is 20.8 Å². The van der Waals surface area contributed by atoms with Gasteiger partial charge in [0.05, 0.1) is 7.05 Å². The number of para-hydroxylation sites is 3. The molecule has 5 aromatic carbocycles. The molecular weight excluding hydrogens is 562 g/mol. The topological polar surface area (TPSA) is 34.8 Å². The van der Waals surface area contributed by atoms with E-state index in [4.69, 9.17) is 9.40 Å². The molecule has 0 saturated heterocycles. The molecule has 0 fully saturated rings. The number of aromatic nitrogens is 3. The summed E-state index contributed by atoms with van der Waals surface area (Å²) in [6.45, 7) is 15.6. The van der Waals surface area contributed by atoms with E-state index < -0.39 is 0 Å². The summed E-state index contributed by atoms with van der Waals surface area (Å²) in [7, 11) is 2.17. The van der Waals surface area contributed by atoms with Gasteiger partial charge in [-0.1, -0.05) is 107 Å². The van der Waals surface area contributed by atoms with Crippen molar-refractivity contribution in [3.8, 4) is 39.7 Å². The zero-order chi connectivity index (χ0) is 32.3. The van der Waals surface area contributed by atoms with Crippen molar-refractivity contribution in [2.75, 3.05) is 0 Å². The van der Waals surface area contributed by atoms with Crippen molar-refractivity contribution >= 4 is 22.1 Å². The van der Waals surface area contributed by atoms with Crippen LogP contribution in [0.2, 0.25) is 0 Å². The van der Waals surface area contributed by atoms with Crippen LogP contribution in [0.15, 0.2) is 101 Å². The van der Waals surface area contributed by atoms with Crippen LogP contribution in [-0.2, 0) is 7.05 Å². The van der Waals surface area contributed by atoms with Crippen molar-refractivity contribution in [2.45, 2.75) is 60.3 Å². The molecule has 0 spiro atoms. The van der Waals surface area contributed by atoms with E-state index in [2.05, 4.69) is 162 Å². The molecule has 0 bridgehead atoms. The summed E-state index contributed by atoms with van der Waals surface area (Å²) in [6.07, 6.45) is 0. The number of hydrogen-bond acceptors (Lipinski definition) is 2. The number of aryl methyl sites for hydroxylation is 4. The molecule has 0 radical (unpaired) electrons. The molecule has 4 nitrogen and oxygen atoms in total. The van der Waals surface area contributed by atoms with E-state index >= 15 is 0 Å². The molecular formula is C42H42N3O+. The Balaban J connectivity index is 1.52. The van der Waals surface area contributed by atoms with E-state index in [-0.39, 0.29) is 0 Å². The Morgan fingerprint density at radius 2 is 1.28 bits per heavy atom. The highest BCUT2D eigenvalue weighted by molar-refractivity contribution is 5.94. The van der Waals surface area contributed by atoms with Gasteiger partial charge in [-0.3, -0.25) is 0 Å². The van der Waals surface area contributed by atoms with Gasteiger partial charge in [0.25, 0.3) is 5.82 Å². The molecule has 0 N–H and O–H groups in total. The normalized spacial score (nSPS) is 11.9. The van der Waals surface area contributed by atoms with Crippen LogP contribution < -0.4 is 4.57 Å². The van der Waals surface area contributed by atoms with E-state index in [1.54, 1.807) is 0 Å². The molecule has 0 aliphatic rings. The summed E-state index contributed by atoms with van der Waals surface area (Å²) >= 11 is 0. The molecule has 0 saturated carbocycles. The van der Waals surface area contributed by atoms with Crippen molar-refractivity contribution in [1.82, 2.24) is 9.55 Å². The quantitative estimate of drug-likeness (QED) is 0.177. The van der Waals surface area contributed by atoms with Crippen LogP contribution in [0.4, 0.5) is 0 Å². The number of oxazole rings is 1. The Bertz CT molecular complexity index is 2200. The van der Waals surface area contributed by atoms with Crippen molar-refractivity contribution in [3.63, 3.8) is 0 Å². The number of rotatable bonds is 6. The van der Waals surface area contributed by atoms with Gasteiger partial charge in [-0.25, -0.2) is 9.55 Å². The Hall–Kier alpha value is -4.96. The molecule has 2 aromatic heterocycles. The van der Waals surface area contributed by atoms with Gasteiger partial charge in [-0.2, -0.15) is 4.57 Å². The number of nitrogens with zero attached hydrogens (tertiary/aromatic N) is 3. The summed E-state index contributed by atoms with van der Waals surface area (Å²) in [5.41, 5.74) is 15.9. The van der Waals surface area contributed by atoms with E-state index in [0.717, 1.165) is 44.7 Å². The second-order valence-electron chi connectivity index (χ2n) is 13.3. The standard InChI is InChI=1S/C42H42N3O/c1-25(2)32-17-14-18-33(26(3)4)39(32)45-36-20-13-12-19-35(36)44(8)42(45)38-27(5)21-22-34-40(38)46-41(43-34)37-28(6)23-31(24-29(37)7)30-15-10-9-11-16-30/h9-26H,1-8H3/q+1. The van der Waals surface area contributed by atoms with Crippen LogP contribution in [-0.4, -0.2) is 9.55 Å². The lowest BCUT2D eigenvalue weighted by atomic mass is 9.92. The first-order chi connectivity index (χ1) is 22.2. The smallest absolute Gasteiger partial charge is 0.299 e. The number of benzene rings is 5. The third-order valence-corrected chi connectivity index (χ3v) is 9.42. The van der Waals surface area contributed by atoms with Crippen molar-refractivity contribution in [1.29, 1.82) is 0 Å². The third-order valence-electron chi connectivity index (χ3n) is 9.42. The molecule has 4 heteroatoms. The predicted molar refractivity (Wildman–Crippen MR) is 191 cm³/mol. The highest BCUT2D eigenvalue weighted by atomic mass is 16.3. The van der Waals surface area contributed by atoms with Gasteiger partial charge in [0.2, 0.25) is 5.89 Å². The van der Waals surface area contributed by atoms with Gasteiger partial charge >= 0.3 is 0 Å². The minimum atomic E-state index is 0.353. The molecule has 0 aliphatic heterocycles. The average molecular weight is 605 g/mol. The SMILES string of the molecule is Cc1cc(-c2ccccc2)cc(C)c1-c1nc2ccc(C)c(-c3n(-c4c(C(C)C)cccc4C(C)C)c4ccccc4[n+]3C)c2o1. The fraction of sp³-hybridized carbons (Fsp3) is 0.238. The van der Waals surface area contributed by atoms with Crippen molar-refractivity contribution in [2.24, 2.45) is 7.05 Å². The molecule has 7 aromatic rings. The van der Waals surface area contributed by atoms with E-state index in [0.29, 0.717) is 17.7 Å². The Labute approximate surface area is 272 Å². The van der Waals surface area contributed by atoms with Crippen molar-refractivity contribution in [3.05, 3.63) is 125 Å². The lowest BCUT2D eigenvalue weighted by Crippen LogP contribution is -2.30. The van der Waals surface area contributed by atoms with Gasteiger partial charge in [0.15, 0.2) is 16.6 Å². The Morgan fingerprint density at radius 1 is 0.652 bits per heavy atom. The third kappa shape index (κ3) is 4.75. The van der Waals surface area contributed by atoms with Crippen LogP contribution in [0.3, 0.4) is 0 Å². The van der Waals surface area contributed by atoms with Crippen LogP contribution in [0.25, 0.3) is 61.8 Å². The van der Waals surface area contributed by atoms with Gasteiger partial charge < -0.3 is 4.42 Å². The second kappa shape index (κ2) is 11.4. The average Bonchev–Trinajstić information content (AvgIpc) is 3.59. The summed E-state index contributed by atoms with van der Waals surface area (Å²) < 4.78 is 11.7. The predicted octanol–water partition coefficient (Wildman–Crippen LogP) is 10.8. The summed E-state index contributed by atoms with van der Waals surface area (Å²) in [5.74, 6) is 2.46. The van der Waals surface area contributed by atoms with Gasteiger partial charge in [0, 0.05) is 16.7 Å². The molecule has 0 amide bonds. The van der Waals surface area contributed by atoms with E-state index in [1.807, 2.05) is 0 Å².